The second-order valence-corrected chi connectivity index (χ2v) is 5.72. The molecule has 0 amide bonds. The van der Waals surface area contributed by atoms with Crippen LogP contribution in [-0.4, -0.2) is 14.4 Å². The van der Waals surface area contributed by atoms with E-state index in [1.807, 2.05) is 6.08 Å². The standard InChI is InChI=1S/C11H12INO/c1-2-9-5-6-11-10(8-9)4-3-7-13(14)12-11/h3-8,14H,2H2,1H3. The second kappa shape index (κ2) is 4.13. The van der Waals surface area contributed by atoms with Crippen LogP contribution < -0.4 is 21.5 Å². The third-order valence-corrected chi connectivity index (χ3v) is 4.45. The van der Waals surface area contributed by atoms with Crippen LogP contribution >= 0.6 is 0 Å². The first-order chi connectivity index (χ1) is 6.79. The summed E-state index contributed by atoms with van der Waals surface area (Å²) in [7, 11) is 0. The molecular formula is C11H12INO. The second-order valence-electron chi connectivity index (χ2n) is 3.09. The zero-order chi connectivity index (χ0) is 9.97. The molecule has 0 aliphatic carbocycles. The molecular weight excluding hydrogens is 289 g/mol. The summed E-state index contributed by atoms with van der Waals surface area (Å²) in [5.74, 6) is 0. The van der Waals surface area contributed by atoms with Gasteiger partial charge in [0.05, 0.1) is 0 Å². The molecule has 1 heterocycles. The van der Waals surface area contributed by atoms with Gasteiger partial charge in [-0.1, -0.05) is 0 Å². The molecule has 1 aromatic rings. The van der Waals surface area contributed by atoms with Crippen molar-refractivity contribution >= 4 is 12.3 Å². The quantitative estimate of drug-likeness (QED) is 0.398. The van der Waals surface area contributed by atoms with Crippen molar-refractivity contribution in [2.24, 2.45) is 0 Å². The molecule has 1 aromatic carbocycles. The summed E-state index contributed by atoms with van der Waals surface area (Å²) in [5.41, 5.74) is 2.61. The molecule has 1 aliphatic rings. The van der Waals surface area contributed by atoms with E-state index in [9.17, 15) is 5.21 Å². The maximum atomic E-state index is 9.44. The average Bonchev–Trinajstić information content (AvgIpc) is 2.37. The van der Waals surface area contributed by atoms with Crippen LogP contribution in [0.4, 0.5) is 0 Å². The van der Waals surface area contributed by atoms with Gasteiger partial charge < -0.3 is 0 Å². The summed E-state index contributed by atoms with van der Waals surface area (Å²) < 4.78 is 2.58. The van der Waals surface area contributed by atoms with E-state index in [4.69, 9.17) is 0 Å². The molecule has 3 heteroatoms. The fourth-order valence-electron chi connectivity index (χ4n) is 1.36. The fraction of sp³-hybridized carbons (Fsp3) is 0.182. The van der Waals surface area contributed by atoms with Gasteiger partial charge in [0.2, 0.25) is 0 Å². The maximum absolute atomic E-state index is 9.44. The molecule has 0 atom stereocenters. The van der Waals surface area contributed by atoms with Crippen LogP contribution in [0.15, 0.2) is 24.3 Å². The zero-order valence-corrected chi connectivity index (χ0v) is 10.1. The minimum atomic E-state index is -0.443. The Labute approximate surface area is 94.2 Å². The van der Waals surface area contributed by atoms with Gasteiger partial charge in [-0.05, 0) is 0 Å². The molecule has 0 saturated heterocycles. The van der Waals surface area contributed by atoms with Crippen LogP contribution in [0, 0.1) is 3.57 Å². The Balaban J connectivity index is 2.44. The number of rotatable bonds is 1. The van der Waals surface area contributed by atoms with E-state index < -0.39 is 21.5 Å². The van der Waals surface area contributed by atoms with Gasteiger partial charge in [-0.3, -0.25) is 0 Å². The molecule has 0 radical (unpaired) electrons. The molecule has 1 N–H and O–H groups in total. The third kappa shape index (κ3) is 1.97. The molecule has 1 aliphatic heterocycles. The predicted octanol–water partition coefficient (Wildman–Crippen LogP) is -1.08. The Morgan fingerprint density at radius 2 is 2.29 bits per heavy atom. The summed E-state index contributed by atoms with van der Waals surface area (Å²) >= 11 is -0.443. The van der Waals surface area contributed by atoms with E-state index in [0.29, 0.717) is 0 Å². The van der Waals surface area contributed by atoms with Crippen molar-refractivity contribution in [1.82, 2.24) is 0 Å². The first-order valence-electron chi connectivity index (χ1n) is 4.57. The zero-order valence-electron chi connectivity index (χ0n) is 7.94. The Morgan fingerprint density at radius 1 is 1.43 bits per heavy atom. The van der Waals surface area contributed by atoms with Crippen molar-refractivity contribution in [1.29, 1.82) is 0 Å². The van der Waals surface area contributed by atoms with Crippen LogP contribution in [0.25, 0.3) is 6.08 Å². The average molecular weight is 301 g/mol. The van der Waals surface area contributed by atoms with Gasteiger partial charge in [0.15, 0.2) is 0 Å². The monoisotopic (exact) mass is 301 g/mol. The van der Waals surface area contributed by atoms with Crippen molar-refractivity contribution in [2.45, 2.75) is 13.3 Å². The summed E-state index contributed by atoms with van der Waals surface area (Å²) in [6.07, 6.45) is 6.74. The van der Waals surface area contributed by atoms with Crippen LogP contribution in [0.3, 0.4) is 0 Å². The van der Waals surface area contributed by atoms with Gasteiger partial charge in [0, 0.05) is 0 Å². The number of aryl methyl sites for hydroxylation is 1. The number of hydrogen-bond acceptors (Lipinski definition) is 1. The molecule has 0 fully saturated rings. The first-order valence-corrected chi connectivity index (χ1v) is 6.61. The van der Waals surface area contributed by atoms with Gasteiger partial charge in [-0.15, -0.1) is 0 Å². The Hall–Kier alpha value is -0.840. The molecule has 0 spiro atoms. The number of halogens is 1. The van der Waals surface area contributed by atoms with Gasteiger partial charge in [-0.25, -0.2) is 0 Å². The molecule has 0 saturated carbocycles. The van der Waals surface area contributed by atoms with Gasteiger partial charge in [-0.2, -0.15) is 0 Å². The van der Waals surface area contributed by atoms with Crippen molar-refractivity contribution in [3.05, 3.63) is 39.0 Å². The van der Waals surface area contributed by atoms with Gasteiger partial charge >= 0.3 is 94.2 Å². The van der Waals surface area contributed by atoms with E-state index in [1.54, 1.807) is 6.21 Å². The Morgan fingerprint density at radius 3 is 3.07 bits per heavy atom. The molecule has 0 bridgehead atoms. The molecule has 2 rings (SSSR count). The van der Waals surface area contributed by atoms with E-state index in [2.05, 4.69) is 31.2 Å². The van der Waals surface area contributed by atoms with E-state index in [0.717, 1.165) is 6.42 Å². The van der Waals surface area contributed by atoms with Gasteiger partial charge in [0.1, 0.15) is 0 Å². The molecule has 14 heavy (non-hydrogen) atoms. The predicted molar refractivity (Wildman–Crippen MR) is 51.7 cm³/mol. The van der Waals surface area contributed by atoms with Gasteiger partial charge in [0.25, 0.3) is 0 Å². The number of hydrogen-bond donors (Lipinski definition) is 1. The van der Waals surface area contributed by atoms with Crippen molar-refractivity contribution in [3.63, 3.8) is 0 Å². The van der Waals surface area contributed by atoms with E-state index in [-0.39, 0.29) is 0 Å². The molecule has 74 valence electrons. The summed E-state index contributed by atoms with van der Waals surface area (Å²) in [6.45, 7) is 2.15. The van der Waals surface area contributed by atoms with Crippen LogP contribution in [0.5, 0.6) is 0 Å². The van der Waals surface area contributed by atoms with E-state index in [1.165, 1.54) is 17.6 Å². The summed E-state index contributed by atoms with van der Waals surface area (Å²) in [6, 6.07) is 6.48. The van der Waals surface area contributed by atoms with E-state index >= 15 is 0 Å². The van der Waals surface area contributed by atoms with Crippen LogP contribution in [0.2, 0.25) is 0 Å². The van der Waals surface area contributed by atoms with Crippen molar-refractivity contribution in [2.75, 3.05) is 0 Å². The number of fused-ring (bicyclic) bond motifs is 1. The first kappa shape index (κ1) is 9.71. The van der Waals surface area contributed by atoms with Crippen molar-refractivity contribution < 1.29 is 29.6 Å². The Bertz CT molecular complexity index is 410. The molecule has 2 nitrogen and oxygen atoms in total. The normalized spacial score (nSPS) is 15.1. The minimum absolute atomic E-state index is 0.443. The third-order valence-electron chi connectivity index (χ3n) is 2.13. The van der Waals surface area contributed by atoms with Crippen molar-refractivity contribution in [3.8, 4) is 0 Å². The molecule has 0 aromatic heterocycles. The SMILES string of the molecule is CCc1ccc2c(c1)C=CC=[N+](O)[I-]2. The molecule has 0 unspecified atom stereocenters. The number of nitrogens with zero attached hydrogens (tertiary/aromatic N) is 1. The number of allylic oxidation sites excluding steroid dienone is 1. The summed E-state index contributed by atoms with van der Waals surface area (Å²) in [4.78, 5) is 0. The van der Waals surface area contributed by atoms with Crippen LogP contribution in [0.1, 0.15) is 18.1 Å². The number of benzene rings is 1. The fourth-order valence-corrected chi connectivity index (χ4v) is 3.19. The summed E-state index contributed by atoms with van der Waals surface area (Å²) in [5, 5.41) is 9.44. The Kier molecular flexibility index (Phi) is 2.86. The topological polar surface area (TPSA) is 23.2 Å². The van der Waals surface area contributed by atoms with Crippen LogP contribution in [-0.2, 0) is 6.42 Å².